The zero-order chi connectivity index (χ0) is 9.14. The molecule has 5 heteroatoms. The number of rotatable bonds is 1. The Morgan fingerprint density at radius 3 is 2.58 bits per heavy atom. The van der Waals surface area contributed by atoms with Crippen LogP contribution in [0.3, 0.4) is 0 Å². The van der Waals surface area contributed by atoms with E-state index in [0.29, 0.717) is 6.07 Å². The van der Waals surface area contributed by atoms with Crippen molar-refractivity contribution in [3.63, 3.8) is 0 Å². The van der Waals surface area contributed by atoms with Crippen molar-refractivity contribution in [2.75, 3.05) is 0 Å². The first kappa shape index (κ1) is 8.53. The Kier molecular flexibility index (Phi) is 2.29. The van der Waals surface area contributed by atoms with Gasteiger partial charge in [-0.1, -0.05) is 0 Å². The second-order valence-electron chi connectivity index (χ2n) is 2.01. The van der Waals surface area contributed by atoms with Crippen LogP contribution in [0.1, 0.15) is 17.7 Å². The SMILES string of the molecule is N#Cc1ncc(C(F)F)cc1F. The molecule has 0 aliphatic carbocycles. The van der Waals surface area contributed by atoms with Crippen molar-refractivity contribution in [3.05, 3.63) is 29.3 Å². The van der Waals surface area contributed by atoms with Gasteiger partial charge in [0.05, 0.1) is 0 Å². The van der Waals surface area contributed by atoms with Crippen molar-refractivity contribution in [2.45, 2.75) is 6.43 Å². The summed E-state index contributed by atoms with van der Waals surface area (Å²) in [7, 11) is 0. The highest BCUT2D eigenvalue weighted by Gasteiger charge is 2.11. The van der Waals surface area contributed by atoms with E-state index < -0.39 is 23.5 Å². The summed E-state index contributed by atoms with van der Waals surface area (Å²) in [5.41, 5.74) is -0.995. The van der Waals surface area contributed by atoms with Crippen molar-refractivity contribution >= 4 is 0 Å². The van der Waals surface area contributed by atoms with E-state index in [4.69, 9.17) is 5.26 Å². The quantitative estimate of drug-likeness (QED) is 0.649. The lowest BCUT2D eigenvalue weighted by Gasteiger charge is -1.98. The maximum atomic E-state index is 12.6. The van der Waals surface area contributed by atoms with Gasteiger partial charge in [-0.3, -0.25) is 0 Å². The summed E-state index contributed by atoms with van der Waals surface area (Å²) in [6, 6.07) is 2.04. The first-order valence-corrected chi connectivity index (χ1v) is 2.99. The highest BCUT2D eigenvalue weighted by Crippen LogP contribution is 2.18. The molecule has 1 rings (SSSR count). The van der Waals surface area contributed by atoms with Crippen LogP contribution in [0.15, 0.2) is 12.3 Å². The van der Waals surface area contributed by atoms with Crippen LogP contribution < -0.4 is 0 Å². The van der Waals surface area contributed by atoms with Crippen LogP contribution >= 0.6 is 0 Å². The van der Waals surface area contributed by atoms with Gasteiger partial charge in [0, 0.05) is 11.8 Å². The number of hydrogen-bond acceptors (Lipinski definition) is 2. The van der Waals surface area contributed by atoms with Gasteiger partial charge >= 0.3 is 0 Å². The van der Waals surface area contributed by atoms with E-state index in [1.54, 1.807) is 0 Å². The number of pyridine rings is 1. The number of nitriles is 1. The van der Waals surface area contributed by atoms with Gasteiger partial charge in [-0.2, -0.15) is 5.26 Å². The molecular weight excluding hydrogens is 169 g/mol. The molecule has 0 radical (unpaired) electrons. The lowest BCUT2D eigenvalue weighted by molar-refractivity contribution is 0.150. The van der Waals surface area contributed by atoms with Gasteiger partial charge in [0.2, 0.25) is 0 Å². The maximum Gasteiger partial charge on any atom is 0.265 e. The van der Waals surface area contributed by atoms with E-state index >= 15 is 0 Å². The van der Waals surface area contributed by atoms with E-state index in [0.717, 1.165) is 6.20 Å². The Morgan fingerprint density at radius 2 is 2.17 bits per heavy atom. The third-order valence-electron chi connectivity index (χ3n) is 1.22. The molecule has 2 nitrogen and oxygen atoms in total. The molecule has 12 heavy (non-hydrogen) atoms. The Hall–Kier alpha value is -1.57. The number of alkyl halides is 2. The van der Waals surface area contributed by atoms with Gasteiger partial charge in [0.25, 0.3) is 6.43 Å². The van der Waals surface area contributed by atoms with Crippen molar-refractivity contribution in [1.82, 2.24) is 4.98 Å². The maximum absolute atomic E-state index is 12.6. The molecule has 0 amide bonds. The average Bonchev–Trinajstić information content (AvgIpc) is 2.04. The normalized spacial score (nSPS) is 9.92. The van der Waals surface area contributed by atoms with E-state index in [-0.39, 0.29) is 0 Å². The molecule has 0 fully saturated rings. The smallest absolute Gasteiger partial charge is 0.242 e. The minimum absolute atomic E-state index is 0.473. The molecular formula is C7H3F3N2. The lowest BCUT2D eigenvalue weighted by atomic mass is 10.2. The zero-order valence-electron chi connectivity index (χ0n) is 5.76. The van der Waals surface area contributed by atoms with E-state index in [1.165, 1.54) is 6.07 Å². The molecule has 0 spiro atoms. The van der Waals surface area contributed by atoms with E-state index in [2.05, 4.69) is 4.98 Å². The highest BCUT2D eigenvalue weighted by molar-refractivity contribution is 5.25. The van der Waals surface area contributed by atoms with Crippen molar-refractivity contribution in [2.24, 2.45) is 0 Å². The molecule has 62 valence electrons. The second kappa shape index (κ2) is 3.22. The molecule has 0 bridgehead atoms. The number of halogens is 3. The van der Waals surface area contributed by atoms with E-state index in [1.807, 2.05) is 0 Å². The summed E-state index contributed by atoms with van der Waals surface area (Å²) >= 11 is 0. The standard InChI is InChI=1S/C7H3F3N2/c8-5-1-4(7(9)10)3-12-6(5)2-11/h1,3,7H. The number of nitrogens with zero attached hydrogens (tertiary/aromatic N) is 2. The highest BCUT2D eigenvalue weighted by atomic mass is 19.3. The van der Waals surface area contributed by atoms with Gasteiger partial charge in [0.1, 0.15) is 6.07 Å². The summed E-state index contributed by atoms with van der Waals surface area (Å²) in [5, 5.41) is 8.21. The summed E-state index contributed by atoms with van der Waals surface area (Å²) < 4.78 is 36.4. The molecule has 0 unspecified atom stereocenters. The minimum atomic E-state index is -2.76. The zero-order valence-corrected chi connectivity index (χ0v) is 5.76. The molecule has 0 aromatic carbocycles. The van der Waals surface area contributed by atoms with Crippen LogP contribution in [0.4, 0.5) is 13.2 Å². The van der Waals surface area contributed by atoms with Crippen LogP contribution in [0.5, 0.6) is 0 Å². The minimum Gasteiger partial charge on any atom is -0.242 e. The molecule has 1 aromatic rings. The molecule has 0 N–H and O–H groups in total. The molecule has 0 aliphatic rings. The average molecular weight is 172 g/mol. The fourth-order valence-corrected chi connectivity index (χ4v) is 0.654. The largest absolute Gasteiger partial charge is 0.265 e. The van der Waals surface area contributed by atoms with Crippen molar-refractivity contribution < 1.29 is 13.2 Å². The Labute approximate surface area is 66.3 Å². The van der Waals surface area contributed by atoms with E-state index in [9.17, 15) is 13.2 Å². The number of aromatic nitrogens is 1. The van der Waals surface area contributed by atoms with Crippen LogP contribution in [-0.4, -0.2) is 4.98 Å². The summed E-state index contributed by atoms with van der Waals surface area (Å²) in [6.45, 7) is 0. The monoisotopic (exact) mass is 172 g/mol. The predicted octanol–water partition coefficient (Wildman–Crippen LogP) is 2.03. The molecule has 0 saturated carbocycles. The Morgan fingerprint density at radius 1 is 1.50 bits per heavy atom. The Balaban J connectivity index is 3.12. The van der Waals surface area contributed by atoms with Crippen molar-refractivity contribution in [3.8, 4) is 6.07 Å². The summed E-state index contributed by atoms with van der Waals surface area (Å²) in [4.78, 5) is 3.20. The van der Waals surface area contributed by atoms with Crippen LogP contribution in [-0.2, 0) is 0 Å². The Bertz CT molecular complexity index is 330. The van der Waals surface area contributed by atoms with Gasteiger partial charge in [0.15, 0.2) is 11.5 Å². The first-order valence-electron chi connectivity index (χ1n) is 2.99. The van der Waals surface area contributed by atoms with Crippen molar-refractivity contribution in [1.29, 1.82) is 5.26 Å². The second-order valence-corrected chi connectivity index (χ2v) is 2.01. The third-order valence-corrected chi connectivity index (χ3v) is 1.22. The molecule has 0 saturated heterocycles. The third kappa shape index (κ3) is 1.53. The topological polar surface area (TPSA) is 36.7 Å². The summed E-state index contributed by atoms with van der Waals surface area (Å²) in [5.74, 6) is -1.02. The van der Waals surface area contributed by atoms with Gasteiger partial charge in [-0.15, -0.1) is 0 Å². The van der Waals surface area contributed by atoms with Crippen LogP contribution in [0.2, 0.25) is 0 Å². The predicted molar refractivity (Wildman–Crippen MR) is 33.9 cm³/mol. The first-order chi connectivity index (χ1) is 5.65. The molecule has 0 aliphatic heterocycles. The fourth-order valence-electron chi connectivity index (χ4n) is 0.654. The molecule has 0 atom stereocenters. The lowest BCUT2D eigenvalue weighted by Crippen LogP contribution is -1.93. The van der Waals surface area contributed by atoms with Gasteiger partial charge in [-0.25, -0.2) is 18.2 Å². The molecule has 1 heterocycles. The van der Waals surface area contributed by atoms with Crippen LogP contribution in [0.25, 0.3) is 0 Å². The molecule has 1 aromatic heterocycles. The van der Waals surface area contributed by atoms with Gasteiger partial charge in [-0.05, 0) is 6.07 Å². The number of hydrogen-bond donors (Lipinski definition) is 0. The summed E-state index contributed by atoms with van der Waals surface area (Å²) in [6.07, 6.45) is -1.98. The fraction of sp³-hybridized carbons (Fsp3) is 0.143. The van der Waals surface area contributed by atoms with Gasteiger partial charge < -0.3 is 0 Å². The van der Waals surface area contributed by atoms with Crippen LogP contribution in [0, 0.1) is 17.1 Å².